The van der Waals surface area contributed by atoms with Crippen LogP contribution in [0.15, 0.2) is 72.3 Å². The van der Waals surface area contributed by atoms with Crippen LogP contribution in [0, 0.1) is 0 Å². The highest BCUT2D eigenvalue weighted by molar-refractivity contribution is 6.46. The molecule has 4 rings (SSSR count). The highest BCUT2D eigenvalue weighted by Gasteiger charge is 2.45. The quantitative estimate of drug-likeness (QED) is 0.347. The number of carbonyl (C=O) groups is 2. The molecule has 1 heterocycles. The summed E-state index contributed by atoms with van der Waals surface area (Å²) in [6, 6.07) is 20.0. The molecule has 158 valence electrons. The first kappa shape index (κ1) is 20.7. The van der Waals surface area contributed by atoms with Crippen LogP contribution in [-0.4, -0.2) is 34.8 Å². The summed E-state index contributed by atoms with van der Waals surface area (Å²) in [5, 5.41) is 13.2. The molecule has 0 bridgehead atoms. The number of nitrogens with zero attached hydrogens (tertiary/aromatic N) is 1. The van der Waals surface area contributed by atoms with E-state index in [1.54, 1.807) is 11.0 Å². The van der Waals surface area contributed by atoms with Gasteiger partial charge in [0.15, 0.2) is 0 Å². The van der Waals surface area contributed by atoms with Gasteiger partial charge in [0.2, 0.25) is 0 Å². The first-order valence-corrected chi connectivity index (χ1v) is 10.6. The monoisotopic (exact) mass is 415 g/mol. The molecule has 1 saturated heterocycles. The van der Waals surface area contributed by atoms with Crippen LogP contribution in [0.4, 0.5) is 0 Å². The van der Waals surface area contributed by atoms with Gasteiger partial charge >= 0.3 is 0 Å². The molecule has 1 atom stereocenters. The Kier molecular flexibility index (Phi) is 5.76. The molecule has 1 N–H and O–H groups in total. The zero-order valence-corrected chi connectivity index (χ0v) is 17.7. The molecule has 0 aromatic heterocycles. The van der Waals surface area contributed by atoms with Crippen molar-refractivity contribution in [2.45, 2.75) is 26.3 Å². The number of fused-ring (bicyclic) bond motifs is 1. The van der Waals surface area contributed by atoms with Gasteiger partial charge in [0.25, 0.3) is 11.7 Å². The lowest BCUT2D eigenvalue weighted by Crippen LogP contribution is -2.30. The summed E-state index contributed by atoms with van der Waals surface area (Å²) < 4.78 is 5.52. The lowest BCUT2D eigenvalue weighted by Gasteiger charge is -2.25. The van der Waals surface area contributed by atoms with E-state index >= 15 is 0 Å². The maximum atomic E-state index is 13.0. The summed E-state index contributed by atoms with van der Waals surface area (Å²) in [6.45, 7) is 4.85. The fourth-order valence-corrected chi connectivity index (χ4v) is 4.10. The van der Waals surface area contributed by atoms with Crippen molar-refractivity contribution in [2.75, 3.05) is 13.2 Å². The first-order chi connectivity index (χ1) is 15.0. The number of benzene rings is 3. The van der Waals surface area contributed by atoms with Crippen molar-refractivity contribution in [3.05, 3.63) is 83.4 Å². The molecule has 1 unspecified atom stereocenters. The Morgan fingerprint density at radius 2 is 1.68 bits per heavy atom. The third-order valence-electron chi connectivity index (χ3n) is 5.53. The third-order valence-corrected chi connectivity index (χ3v) is 5.53. The molecule has 1 aliphatic heterocycles. The molecule has 0 radical (unpaired) electrons. The van der Waals surface area contributed by atoms with Crippen LogP contribution in [0.1, 0.15) is 37.4 Å². The van der Waals surface area contributed by atoms with Gasteiger partial charge in [-0.15, -0.1) is 0 Å². The lowest BCUT2D eigenvalue weighted by atomic mass is 9.94. The average molecular weight is 415 g/mol. The maximum absolute atomic E-state index is 13.0. The van der Waals surface area contributed by atoms with E-state index in [1.807, 2.05) is 74.5 Å². The molecular weight excluding hydrogens is 390 g/mol. The molecule has 1 fully saturated rings. The van der Waals surface area contributed by atoms with E-state index in [9.17, 15) is 14.7 Å². The van der Waals surface area contributed by atoms with Crippen molar-refractivity contribution in [2.24, 2.45) is 0 Å². The minimum atomic E-state index is -0.655. The van der Waals surface area contributed by atoms with Crippen molar-refractivity contribution in [3.8, 4) is 5.75 Å². The molecule has 5 nitrogen and oxygen atoms in total. The normalized spacial score (nSPS) is 18.0. The third kappa shape index (κ3) is 3.79. The molecule has 1 aliphatic rings. The van der Waals surface area contributed by atoms with Crippen molar-refractivity contribution in [1.82, 2.24) is 4.90 Å². The van der Waals surface area contributed by atoms with Gasteiger partial charge in [0, 0.05) is 12.1 Å². The van der Waals surface area contributed by atoms with Crippen molar-refractivity contribution >= 4 is 28.2 Å². The predicted molar refractivity (Wildman–Crippen MR) is 121 cm³/mol. The lowest BCUT2D eigenvalue weighted by molar-refractivity contribution is -0.139. The van der Waals surface area contributed by atoms with E-state index in [-0.39, 0.29) is 11.3 Å². The van der Waals surface area contributed by atoms with E-state index < -0.39 is 17.7 Å². The van der Waals surface area contributed by atoms with Gasteiger partial charge in [0.1, 0.15) is 11.5 Å². The van der Waals surface area contributed by atoms with E-state index in [0.29, 0.717) is 30.9 Å². The summed E-state index contributed by atoms with van der Waals surface area (Å²) in [7, 11) is 0. The number of ketones is 1. The van der Waals surface area contributed by atoms with Crippen molar-refractivity contribution in [3.63, 3.8) is 0 Å². The smallest absolute Gasteiger partial charge is 0.295 e. The Bertz CT molecular complexity index is 1160. The molecule has 1 amide bonds. The highest BCUT2D eigenvalue weighted by atomic mass is 16.5. The van der Waals surface area contributed by atoms with Crippen LogP contribution >= 0.6 is 0 Å². The van der Waals surface area contributed by atoms with E-state index in [2.05, 4.69) is 0 Å². The average Bonchev–Trinajstić information content (AvgIpc) is 3.04. The highest BCUT2D eigenvalue weighted by Crippen LogP contribution is 2.40. The minimum Gasteiger partial charge on any atom is -0.507 e. The maximum Gasteiger partial charge on any atom is 0.295 e. The van der Waals surface area contributed by atoms with Crippen LogP contribution in [-0.2, 0) is 9.59 Å². The van der Waals surface area contributed by atoms with Crippen LogP contribution < -0.4 is 4.74 Å². The van der Waals surface area contributed by atoms with Gasteiger partial charge in [-0.05, 0) is 47.9 Å². The first-order valence-electron chi connectivity index (χ1n) is 10.6. The zero-order valence-electron chi connectivity index (χ0n) is 17.7. The van der Waals surface area contributed by atoms with Crippen molar-refractivity contribution < 1.29 is 19.4 Å². The minimum absolute atomic E-state index is 0.123. The Hall–Kier alpha value is -3.60. The summed E-state index contributed by atoms with van der Waals surface area (Å²) in [5.74, 6) is -0.670. The second kappa shape index (κ2) is 8.64. The summed E-state index contributed by atoms with van der Waals surface area (Å²) in [5.41, 5.74) is 1.40. The number of aliphatic hydroxyl groups is 1. The van der Waals surface area contributed by atoms with Crippen LogP contribution in [0.5, 0.6) is 5.75 Å². The second-order valence-electron chi connectivity index (χ2n) is 7.56. The number of carbonyl (C=O) groups excluding carboxylic acids is 2. The number of hydrogen-bond donors (Lipinski definition) is 1. The summed E-state index contributed by atoms with van der Waals surface area (Å²) >= 11 is 0. The summed E-state index contributed by atoms with van der Waals surface area (Å²) in [6.07, 6.45) is 0.705. The van der Waals surface area contributed by atoms with Gasteiger partial charge in [-0.25, -0.2) is 0 Å². The number of hydrogen-bond acceptors (Lipinski definition) is 4. The number of aliphatic hydroxyl groups excluding tert-OH is 1. The Balaban J connectivity index is 1.84. The van der Waals surface area contributed by atoms with Crippen LogP contribution in [0.3, 0.4) is 0 Å². The summed E-state index contributed by atoms with van der Waals surface area (Å²) in [4.78, 5) is 27.3. The largest absolute Gasteiger partial charge is 0.507 e. The number of ether oxygens (including phenoxy) is 1. The Morgan fingerprint density at radius 3 is 2.35 bits per heavy atom. The standard InChI is InChI=1S/C26H25NO4/c1-3-15-27-23(18-11-13-21(14-12-18)31-4-2)22(25(29)26(27)30)24(28)20-10-9-17-7-5-6-8-19(17)16-20/h5-14,16,23,28H,3-4,15H2,1-2H3/b24-22-. The SMILES string of the molecule is CCCN1C(=O)C(=O)/C(=C(\O)c2ccc3ccccc3c2)C1c1ccc(OCC)cc1. The van der Waals surface area contributed by atoms with Crippen molar-refractivity contribution in [1.29, 1.82) is 0 Å². The van der Waals surface area contributed by atoms with Gasteiger partial charge in [0.05, 0.1) is 18.2 Å². The number of rotatable bonds is 6. The van der Waals surface area contributed by atoms with E-state index in [1.165, 1.54) is 0 Å². The topological polar surface area (TPSA) is 66.8 Å². The van der Waals surface area contributed by atoms with E-state index in [0.717, 1.165) is 16.3 Å². The predicted octanol–water partition coefficient (Wildman–Crippen LogP) is 5.07. The Labute approximate surface area is 181 Å². The molecule has 0 aliphatic carbocycles. The van der Waals surface area contributed by atoms with Crippen LogP contribution in [0.25, 0.3) is 16.5 Å². The fraction of sp³-hybridized carbons (Fsp3) is 0.231. The Morgan fingerprint density at radius 1 is 0.968 bits per heavy atom. The number of likely N-dealkylation sites (tertiary alicyclic amines) is 1. The molecule has 0 spiro atoms. The van der Waals surface area contributed by atoms with Gasteiger partial charge < -0.3 is 14.7 Å². The van der Waals surface area contributed by atoms with Gasteiger partial charge in [-0.1, -0.05) is 55.5 Å². The van der Waals surface area contributed by atoms with E-state index in [4.69, 9.17) is 4.74 Å². The molecule has 5 heteroatoms. The fourth-order valence-electron chi connectivity index (χ4n) is 4.10. The second-order valence-corrected chi connectivity index (χ2v) is 7.56. The molecule has 0 saturated carbocycles. The molecule has 3 aromatic carbocycles. The van der Waals surface area contributed by atoms with Gasteiger partial charge in [-0.2, -0.15) is 0 Å². The van der Waals surface area contributed by atoms with Gasteiger partial charge in [-0.3, -0.25) is 9.59 Å². The number of Topliss-reactive ketones (excluding diaryl/α,β-unsaturated/α-hetero) is 1. The molecule has 3 aromatic rings. The molecule has 31 heavy (non-hydrogen) atoms. The van der Waals surface area contributed by atoms with Crippen LogP contribution in [0.2, 0.25) is 0 Å². The number of amides is 1. The molecular formula is C26H25NO4. The zero-order chi connectivity index (χ0) is 22.0.